The number of nitrogens with zero attached hydrogens (tertiary/aromatic N) is 1. The Morgan fingerprint density at radius 1 is 1.25 bits per heavy atom. The molecule has 0 saturated heterocycles. The molecule has 1 amide bonds. The highest BCUT2D eigenvalue weighted by atomic mass is 16.6. The molecule has 2 aromatic rings. The van der Waals surface area contributed by atoms with E-state index in [1.54, 1.807) is 24.3 Å². The minimum atomic E-state index is -0.511. The van der Waals surface area contributed by atoms with Crippen LogP contribution in [0.25, 0.3) is 11.6 Å². The monoisotopic (exact) mass is 324 g/mol. The molecule has 0 bridgehead atoms. The number of carbonyl (C=O) groups excluding carboxylic acids is 2. The lowest BCUT2D eigenvalue weighted by molar-refractivity contribution is -0.385. The number of nitro benzene ring substituents is 1. The molecule has 3 rings (SSSR count). The van der Waals surface area contributed by atoms with Crippen LogP contribution in [-0.2, 0) is 9.53 Å². The number of hydrogen-bond donors (Lipinski definition) is 1. The Labute approximate surface area is 136 Å². The number of amides is 1. The van der Waals surface area contributed by atoms with E-state index in [1.165, 1.54) is 31.4 Å². The van der Waals surface area contributed by atoms with Gasteiger partial charge >= 0.3 is 5.97 Å². The first-order valence-corrected chi connectivity index (χ1v) is 7.00. The number of nitro groups is 1. The average molecular weight is 324 g/mol. The van der Waals surface area contributed by atoms with Crippen LogP contribution in [0.1, 0.15) is 21.5 Å². The second-order valence-corrected chi connectivity index (χ2v) is 5.08. The van der Waals surface area contributed by atoms with Gasteiger partial charge in [-0.1, -0.05) is 18.2 Å². The summed E-state index contributed by atoms with van der Waals surface area (Å²) in [6, 6.07) is 10.8. The Balaban J connectivity index is 2.08. The van der Waals surface area contributed by atoms with Gasteiger partial charge in [-0.25, -0.2) is 4.79 Å². The zero-order valence-electron chi connectivity index (χ0n) is 12.6. The van der Waals surface area contributed by atoms with E-state index in [0.717, 1.165) is 0 Å². The molecule has 0 fully saturated rings. The third-order valence-electron chi connectivity index (χ3n) is 3.66. The lowest BCUT2D eigenvalue weighted by Crippen LogP contribution is -2.04. The van der Waals surface area contributed by atoms with Crippen LogP contribution in [0, 0.1) is 10.1 Å². The Morgan fingerprint density at radius 3 is 2.71 bits per heavy atom. The molecule has 120 valence electrons. The van der Waals surface area contributed by atoms with Crippen molar-refractivity contribution in [1.29, 1.82) is 0 Å². The van der Waals surface area contributed by atoms with Gasteiger partial charge in [0.2, 0.25) is 0 Å². The quantitative estimate of drug-likeness (QED) is 0.405. The fraction of sp³-hybridized carbons (Fsp3) is 0.0588. The highest BCUT2D eigenvalue weighted by Gasteiger charge is 2.26. The van der Waals surface area contributed by atoms with Crippen molar-refractivity contribution >= 4 is 34.9 Å². The van der Waals surface area contributed by atoms with E-state index >= 15 is 0 Å². The molecule has 1 aliphatic heterocycles. The molecule has 7 nitrogen and oxygen atoms in total. The number of nitrogens with one attached hydrogen (secondary N) is 1. The molecule has 0 atom stereocenters. The van der Waals surface area contributed by atoms with Crippen molar-refractivity contribution in [3.8, 4) is 0 Å². The van der Waals surface area contributed by atoms with Crippen LogP contribution < -0.4 is 5.32 Å². The third kappa shape index (κ3) is 2.63. The van der Waals surface area contributed by atoms with Gasteiger partial charge in [-0.15, -0.1) is 0 Å². The lowest BCUT2D eigenvalue weighted by atomic mass is 10.0. The van der Waals surface area contributed by atoms with Crippen LogP contribution in [0.15, 0.2) is 42.5 Å². The lowest BCUT2D eigenvalue weighted by Gasteiger charge is -2.03. The van der Waals surface area contributed by atoms with E-state index in [4.69, 9.17) is 0 Å². The molecule has 0 unspecified atom stereocenters. The average Bonchev–Trinajstić information content (AvgIpc) is 2.89. The Bertz CT molecular complexity index is 902. The number of fused-ring (bicyclic) bond motifs is 1. The first kappa shape index (κ1) is 15.4. The predicted molar refractivity (Wildman–Crippen MR) is 87.4 cm³/mol. The smallest absolute Gasteiger partial charge is 0.337 e. The molecule has 1 heterocycles. The number of methoxy groups -OCH3 is 1. The fourth-order valence-electron chi connectivity index (χ4n) is 2.51. The zero-order chi connectivity index (χ0) is 17.3. The summed E-state index contributed by atoms with van der Waals surface area (Å²) in [5.74, 6) is -0.895. The normalized spacial score (nSPS) is 14.2. The van der Waals surface area contributed by atoms with E-state index in [-0.39, 0.29) is 11.6 Å². The molecule has 1 N–H and O–H groups in total. The maximum Gasteiger partial charge on any atom is 0.337 e. The van der Waals surface area contributed by atoms with Gasteiger partial charge in [-0.2, -0.15) is 0 Å². The molecule has 0 spiro atoms. The van der Waals surface area contributed by atoms with Gasteiger partial charge in [0.05, 0.1) is 23.2 Å². The van der Waals surface area contributed by atoms with E-state index < -0.39 is 10.9 Å². The number of hydrogen-bond acceptors (Lipinski definition) is 5. The first-order chi connectivity index (χ1) is 11.5. The second kappa shape index (κ2) is 5.96. The zero-order valence-corrected chi connectivity index (χ0v) is 12.6. The number of esters is 1. The van der Waals surface area contributed by atoms with Crippen LogP contribution in [0.2, 0.25) is 0 Å². The SMILES string of the molecule is COC(=O)c1ccc2c(c1)NC(=O)C2=Cc1ccccc1[N+](=O)[O-]. The molecular formula is C17H12N2O5. The van der Waals surface area contributed by atoms with Gasteiger partial charge in [-0.05, 0) is 24.3 Å². The number of benzene rings is 2. The van der Waals surface area contributed by atoms with Gasteiger partial charge in [0.25, 0.3) is 11.6 Å². The van der Waals surface area contributed by atoms with Crippen molar-refractivity contribution in [2.75, 3.05) is 12.4 Å². The molecule has 0 radical (unpaired) electrons. The number of carbonyl (C=O) groups is 2. The molecule has 24 heavy (non-hydrogen) atoms. The number of para-hydroxylation sites is 1. The van der Waals surface area contributed by atoms with Crippen LogP contribution in [-0.4, -0.2) is 23.9 Å². The van der Waals surface area contributed by atoms with Crippen LogP contribution in [0.3, 0.4) is 0 Å². The summed E-state index contributed by atoms with van der Waals surface area (Å²) in [4.78, 5) is 34.4. The minimum Gasteiger partial charge on any atom is -0.465 e. The maximum absolute atomic E-state index is 12.2. The Morgan fingerprint density at radius 2 is 2.00 bits per heavy atom. The molecule has 2 aromatic carbocycles. The van der Waals surface area contributed by atoms with Crippen LogP contribution in [0.5, 0.6) is 0 Å². The van der Waals surface area contributed by atoms with Crippen molar-refractivity contribution in [2.24, 2.45) is 0 Å². The standard InChI is InChI=1S/C17H12N2O5/c1-24-17(21)11-6-7-12-13(16(20)18-14(12)9-11)8-10-4-2-3-5-15(10)19(22)23/h2-9H,1H3,(H,18,20). The molecule has 0 saturated carbocycles. The number of anilines is 1. The fourth-order valence-corrected chi connectivity index (χ4v) is 2.51. The van der Waals surface area contributed by atoms with E-state index in [9.17, 15) is 19.7 Å². The van der Waals surface area contributed by atoms with E-state index in [2.05, 4.69) is 10.1 Å². The van der Waals surface area contributed by atoms with E-state index in [1.807, 2.05) is 0 Å². The van der Waals surface area contributed by atoms with Crippen LogP contribution in [0.4, 0.5) is 11.4 Å². The summed E-state index contributed by atoms with van der Waals surface area (Å²) in [6.45, 7) is 0. The van der Waals surface area contributed by atoms with Crippen molar-refractivity contribution in [3.05, 3.63) is 69.3 Å². The number of ether oxygens (including phenoxy) is 1. The van der Waals surface area contributed by atoms with Gasteiger partial charge < -0.3 is 10.1 Å². The van der Waals surface area contributed by atoms with E-state index in [0.29, 0.717) is 28.0 Å². The maximum atomic E-state index is 12.2. The summed E-state index contributed by atoms with van der Waals surface area (Å²) in [5, 5.41) is 13.8. The van der Waals surface area contributed by atoms with Gasteiger partial charge in [0.1, 0.15) is 0 Å². The predicted octanol–water partition coefficient (Wildman–Crippen LogP) is 2.87. The summed E-state index contributed by atoms with van der Waals surface area (Å²) in [6.07, 6.45) is 1.47. The first-order valence-electron chi connectivity index (χ1n) is 7.00. The molecular weight excluding hydrogens is 312 g/mol. The Kier molecular flexibility index (Phi) is 3.83. The molecule has 0 aliphatic carbocycles. The summed E-state index contributed by atoms with van der Waals surface area (Å²) in [5.41, 5.74) is 1.90. The summed E-state index contributed by atoms with van der Waals surface area (Å²) in [7, 11) is 1.27. The third-order valence-corrected chi connectivity index (χ3v) is 3.66. The molecule has 7 heteroatoms. The molecule has 1 aliphatic rings. The second-order valence-electron chi connectivity index (χ2n) is 5.08. The van der Waals surface area contributed by atoms with Crippen molar-refractivity contribution < 1.29 is 19.2 Å². The summed E-state index contributed by atoms with van der Waals surface area (Å²) >= 11 is 0. The highest BCUT2D eigenvalue weighted by Crippen LogP contribution is 2.35. The minimum absolute atomic E-state index is 0.0857. The van der Waals surface area contributed by atoms with Crippen molar-refractivity contribution in [2.45, 2.75) is 0 Å². The largest absolute Gasteiger partial charge is 0.465 e. The van der Waals surface area contributed by atoms with Gasteiger partial charge in [-0.3, -0.25) is 14.9 Å². The van der Waals surface area contributed by atoms with Gasteiger partial charge in [0.15, 0.2) is 0 Å². The number of rotatable bonds is 3. The molecule has 0 aromatic heterocycles. The van der Waals surface area contributed by atoms with Crippen LogP contribution >= 0.6 is 0 Å². The van der Waals surface area contributed by atoms with Crippen molar-refractivity contribution in [1.82, 2.24) is 0 Å². The van der Waals surface area contributed by atoms with Gasteiger partial charge in [0, 0.05) is 22.9 Å². The summed E-state index contributed by atoms with van der Waals surface area (Å²) < 4.78 is 4.65. The Hall–Kier alpha value is -3.48. The highest BCUT2D eigenvalue weighted by molar-refractivity contribution is 6.35. The topological polar surface area (TPSA) is 98.5 Å². The van der Waals surface area contributed by atoms with Crippen molar-refractivity contribution in [3.63, 3.8) is 0 Å².